The Morgan fingerprint density at radius 1 is 1.03 bits per heavy atom. The van der Waals surface area contributed by atoms with Crippen LogP contribution in [-0.2, 0) is 10.5 Å². The number of carbonyl (C=O) groups is 2. The molecule has 6 nitrogen and oxygen atoms in total. The summed E-state index contributed by atoms with van der Waals surface area (Å²) < 4.78 is 0. The van der Waals surface area contributed by atoms with Gasteiger partial charge in [-0.25, -0.2) is 9.97 Å². The van der Waals surface area contributed by atoms with Crippen molar-refractivity contribution in [1.82, 2.24) is 15.3 Å². The second-order valence-electron chi connectivity index (χ2n) is 6.68. The molecule has 3 aromatic rings. The molecular formula is C22H20Cl2N4O2S. The van der Waals surface area contributed by atoms with Crippen LogP contribution in [0, 0.1) is 6.92 Å². The molecule has 1 heterocycles. The van der Waals surface area contributed by atoms with Crippen molar-refractivity contribution in [3.05, 3.63) is 81.6 Å². The smallest absolute Gasteiger partial charge is 0.271 e. The van der Waals surface area contributed by atoms with Gasteiger partial charge in [0.05, 0.1) is 11.2 Å². The van der Waals surface area contributed by atoms with E-state index < -0.39 is 5.91 Å². The average Bonchev–Trinajstić information content (AvgIpc) is 2.76. The second kappa shape index (κ2) is 11.1. The summed E-state index contributed by atoms with van der Waals surface area (Å²) in [6.45, 7) is 2.18. The van der Waals surface area contributed by atoms with Gasteiger partial charge in [-0.15, -0.1) is 0 Å². The molecule has 0 aliphatic heterocycles. The Labute approximate surface area is 194 Å². The monoisotopic (exact) mass is 474 g/mol. The molecule has 0 atom stereocenters. The van der Waals surface area contributed by atoms with E-state index in [4.69, 9.17) is 23.2 Å². The predicted octanol–water partition coefficient (Wildman–Crippen LogP) is 5.14. The van der Waals surface area contributed by atoms with E-state index in [2.05, 4.69) is 20.6 Å². The van der Waals surface area contributed by atoms with Crippen molar-refractivity contribution in [2.45, 2.75) is 24.3 Å². The lowest BCUT2D eigenvalue weighted by atomic mass is 10.2. The van der Waals surface area contributed by atoms with Gasteiger partial charge in [0.1, 0.15) is 0 Å². The van der Waals surface area contributed by atoms with Crippen molar-refractivity contribution in [2.24, 2.45) is 0 Å². The van der Waals surface area contributed by atoms with Gasteiger partial charge in [-0.3, -0.25) is 9.59 Å². The number of halogens is 2. The van der Waals surface area contributed by atoms with Crippen LogP contribution in [0.5, 0.6) is 0 Å². The van der Waals surface area contributed by atoms with E-state index in [9.17, 15) is 9.59 Å². The third-order valence-electron chi connectivity index (χ3n) is 4.19. The predicted molar refractivity (Wildman–Crippen MR) is 125 cm³/mol. The molecule has 0 radical (unpaired) electrons. The summed E-state index contributed by atoms with van der Waals surface area (Å²) in [5.41, 5.74) is 3.04. The first-order valence-electron chi connectivity index (χ1n) is 9.45. The van der Waals surface area contributed by atoms with Crippen LogP contribution in [0.25, 0.3) is 0 Å². The van der Waals surface area contributed by atoms with E-state index in [1.165, 1.54) is 23.5 Å². The number of hydrogen-bond donors (Lipinski definition) is 2. The van der Waals surface area contributed by atoms with Crippen LogP contribution < -0.4 is 10.6 Å². The number of hydrogen-bond acceptors (Lipinski definition) is 5. The molecule has 0 fully saturated rings. The molecule has 9 heteroatoms. The number of aryl methyl sites for hydroxylation is 1. The van der Waals surface area contributed by atoms with Crippen molar-refractivity contribution in [2.75, 3.05) is 11.9 Å². The van der Waals surface area contributed by atoms with Crippen LogP contribution in [0.2, 0.25) is 10.0 Å². The first kappa shape index (κ1) is 23.1. The van der Waals surface area contributed by atoms with Gasteiger partial charge < -0.3 is 10.6 Å². The van der Waals surface area contributed by atoms with Gasteiger partial charge in [0.25, 0.3) is 5.91 Å². The molecule has 2 amide bonds. The van der Waals surface area contributed by atoms with Crippen LogP contribution in [0.1, 0.15) is 28.0 Å². The van der Waals surface area contributed by atoms with E-state index in [1.54, 1.807) is 24.3 Å². The lowest BCUT2D eigenvalue weighted by molar-refractivity contribution is -0.116. The molecule has 0 saturated heterocycles. The third-order valence-corrected chi connectivity index (χ3v) is 5.65. The molecular weight excluding hydrogens is 455 g/mol. The largest absolute Gasteiger partial charge is 0.350 e. The molecule has 0 spiro atoms. The fourth-order valence-corrected chi connectivity index (χ4v) is 3.62. The number of aromatic nitrogens is 2. The number of anilines is 1. The lowest BCUT2D eigenvalue weighted by Gasteiger charge is -2.08. The second-order valence-corrected chi connectivity index (χ2v) is 8.47. The summed E-state index contributed by atoms with van der Waals surface area (Å²) in [6, 6.07) is 14.9. The summed E-state index contributed by atoms with van der Waals surface area (Å²) in [4.78, 5) is 32.9. The van der Waals surface area contributed by atoms with Crippen molar-refractivity contribution in [1.29, 1.82) is 0 Å². The quantitative estimate of drug-likeness (QED) is 0.348. The molecule has 0 bridgehead atoms. The minimum Gasteiger partial charge on any atom is -0.350 e. The highest BCUT2D eigenvalue weighted by Crippen LogP contribution is 2.22. The first-order valence-corrected chi connectivity index (χ1v) is 11.2. The van der Waals surface area contributed by atoms with Gasteiger partial charge in [0.2, 0.25) is 5.91 Å². The van der Waals surface area contributed by atoms with Crippen LogP contribution >= 0.6 is 35.0 Å². The molecule has 1 aromatic heterocycles. The highest BCUT2D eigenvalue weighted by molar-refractivity contribution is 7.98. The van der Waals surface area contributed by atoms with Gasteiger partial charge in [-0.05, 0) is 36.8 Å². The summed E-state index contributed by atoms with van der Waals surface area (Å²) >= 11 is 13.3. The summed E-state index contributed by atoms with van der Waals surface area (Å²) in [6.07, 6.45) is 1.51. The van der Waals surface area contributed by atoms with Gasteiger partial charge in [0.15, 0.2) is 10.9 Å². The Bertz CT molecular complexity index is 1060. The maximum Gasteiger partial charge on any atom is 0.271 e. The van der Waals surface area contributed by atoms with Crippen LogP contribution in [0.3, 0.4) is 0 Å². The van der Waals surface area contributed by atoms with Gasteiger partial charge in [-0.2, -0.15) is 0 Å². The van der Waals surface area contributed by atoms with Crippen molar-refractivity contribution in [3.63, 3.8) is 0 Å². The van der Waals surface area contributed by atoms with Gasteiger partial charge in [-0.1, -0.05) is 64.8 Å². The normalized spacial score (nSPS) is 10.5. The van der Waals surface area contributed by atoms with Crippen molar-refractivity contribution in [3.8, 4) is 0 Å². The van der Waals surface area contributed by atoms with E-state index in [0.717, 1.165) is 5.56 Å². The number of thioether (sulfide) groups is 1. The van der Waals surface area contributed by atoms with Crippen molar-refractivity contribution < 1.29 is 9.59 Å². The molecule has 2 N–H and O–H groups in total. The number of rotatable bonds is 8. The van der Waals surface area contributed by atoms with Crippen LogP contribution in [0.4, 0.5) is 5.69 Å². The van der Waals surface area contributed by atoms with E-state index >= 15 is 0 Å². The third kappa shape index (κ3) is 7.24. The van der Waals surface area contributed by atoms with Gasteiger partial charge >= 0.3 is 0 Å². The maximum atomic E-state index is 12.5. The molecule has 2 aromatic carbocycles. The lowest BCUT2D eigenvalue weighted by Crippen LogP contribution is -2.28. The van der Waals surface area contributed by atoms with Crippen LogP contribution in [-0.4, -0.2) is 28.3 Å². The fraction of sp³-hybridized carbons (Fsp3) is 0.182. The van der Waals surface area contributed by atoms with Crippen LogP contribution in [0.15, 0.2) is 59.9 Å². The molecule has 0 aliphatic rings. The zero-order valence-corrected chi connectivity index (χ0v) is 19.0. The molecule has 0 unspecified atom stereocenters. The number of carbonyl (C=O) groups excluding carboxylic acids is 2. The molecule has 0 saturated carbocycles. The Balaban J connectivity index is 1.50. The molecule has 0 aliphatic carbocycles. The molecule has 160 valence electrons. The Morgan fingerprint density at radius 3 is 2.45 bits per heavy atom. The van der Waals surface area contributed by atoms with Crippen molar-refractivity contribution >= 4 is 52.5 Å². The topological polar surface area (TPSA) is 84.0 Å². The summed E-state index contributed by atoms with van der Waals surface area (Å²) in [5.74, 6) is -0.0111. The van der Waals surface area contributed by atoms with Gasteiger partial charge in [0, 0.05) is 29.4 Å². The highest BCUT2D eigenvalue weighted by Gasteiger charge is 2.15. The SMILES string of the molecule is Cc1ccc(CSc2ncc(Cl)c(C(=O)NCCC(=O)Nc3ccc(Cl)cc3)n2)cc1. The molecule has 31 heavy (non-hydrogen) atoms. The summed E-state index contributed by atoms with van der Waals surface area (Å²) in [7, 11) is 0. The minimum absolute atomic E-state index is 0.0844. The Kier molecular flexibility index (Phi) is 8.28. The number of benzene rings is 2. The van der Waals surface area contributed by atoms with E-state index in [1.807, 2.05) is 31.2 Å². The highest BCUT2D eigenvalue weighted by atomic mass is 35.5. The fourth-order valence-electron chi connectivity index (χ4n) is 2.54. The van der Waals surface area contributed by atoms with E-state index in [-0.39, 0.29) is 29.6 Å². The average molecular weight is 475 g/mol. The Hall–Kier alpha value is -2.61. The minimum atomic E-state index is -0.455. The number of nitrogens with zero attached hydrogens (tertiary/aromatic N) is 2. The number of amides is 2. The number of nitrogens with one attached hydrogen (secondary N) is 2. The molecule has 3 rings (SSSR count). The zero-order valence-electron chi connectivity index (χ0n) is 16.7. The maximum absolute atomic E-state index is 12.5. The first-order chi connectivity index (χ1) is 14.9. The standard InChI is InChI=1S/C22H20Cl2N4O2S/c1-14-2-4-15(5-3-14)13-31-22-26-12-18(24)20(28-22)21(30)25-11-10-19(29)27-17-8-6-16(23)7-9-17/h2-9,12H,10-11,13H2,1H3,(H,25,30)(H,27,29). The summed E-state index contributed by atoms with van der Waals surface area (Å²) in [5, 5.41) is 6.60. The van der Waals surface area contributed by atoms with E-state index in [0.29, 0.717) is 21.6 Å². The Morgan fingerprint density at radius 2 is 1.74 bits per heavy atom. The zero-order chi connectivity index (χ0) is 22.2.